The summed E-state index contributed by atoms with van der Waals surface area (Å²) in [5.74, 6) is -0.747. The number of hydrogen-bond acceptors (Lipinski definition) is 4. The Labute approximate surface area is 127 Å². The molecule has 3 N–H and O–H groups in total. The molecule has 20 heavy (non-hydrogen) atoms. The Morgan fingerprint density at radius 2 is 2.00 bits per heavy atom. The average molecular weight is 317 g/mol. The van der Waals surface area contributed by atoms with Crippen molar-refractivity contribution in [1.82, 2.24) is 0 Å². The topological polar surface area (TPSA) is 83.6 Å². The first-order valence-corrected chi connectivity index (χ1v) is 7.76. The van der Waals surface area contributed by atoms with Crippen LogP contribution >= 0.6 is 23.4 Å². The van der Waals surface area contributed by atoms with Crippen molar-refractivity contribution in [2.75, 3.05) is 23.5 Å². The van der Waals surface area contributed by atoms with E-state index in [1.54, 1.807) is 36.0 Å². The molecule has 1 aromatic rings. The number of carboxylic acids is 1. The van der Waals surface area contributed by atoms with Gasteiger partial charge in [-0.25, -0.2) is 0 Å². The first kappa shape index (κ1) is 16.8. The Kier molecular flexibility index (Phi) is 6.84. The van der Waals surface area contributed by atoms with Crippen molar-refractivity contribution in [2.45, 2.75) is 12.5 Å². The lowest BCUT2D eigenvalue weighted by atomic mass is 10.2. The molecule has 0 unspecified atom stereocenters. The number of carbonyl (C=O) groups is 2. The molecule has 110 valence electrons. The number of rotatable bonds is 7. The van der Waals surface area contributed by atoms with Gasteiger partial charge in [0.2, 0.25) is 5.91 Å². The number of benzene rings is 1. The van der Waals surface area contributed by atoms with Gasteiger partial charge in [0, 0.05) is 10.7 Å². The molecule has 1 rings (SSSR count). The lowest BCUT2D eigenvalue weighted by Crippen LogP contribution is -2.46. The quantitative estimate of drug-likeness (QED) is 0.802. The van der Waals surface area contributed by atoms with E-state index in [0.29, 0.717) is 17.1 Å². The van der Waals surface area contributed by atoms with Gasteiger partial charge < -0.3 is 10.8 Å². The maximum Gasteiger partial charge on any atom is 0.323 e. The molecule has 0 saturated heterocycles. The molecule has 1 atom stereocenters. The Morgan fingerprint density at radius 1 is 1.40 bits per heavy atom. The molecule has 0 spiro atoms. The van der Waals surface area contributed by atoms with Crippen LogP contribution in [0.3, 0.4) is 0 Å². The molecule has 7 heteroatoms. The van der Waals surface area contributed by atoms with Crippen molar-refractivity contribution < 1.29 is 14.7 Å². The Bertz CT molecular complexity index is 467. The first-order valence-electron chi connectivity index (χ1n) is 5.99. The fourth-order valence-corrected chi connectivity index (χ4v) is 2.24. The number of halogens is 1. The fourth-order valence-electron chi connectivity index (χ4n) is 1.62. The zero-order valence-electron chi connectivity index (χ0n) is 11.1. The van der Waals surface area contributed by atoms with Crippen LogP contribution in [0.15, 0.2) is 24.3 Å². The zero-order chi connectivity index (χ0) is 15.1. The second-order valence-electron chi connectivity index (χ2n) is 4.18. The SMILES string of the molecule is CSCC[C@H](N)C(=O)N(CC(=O)O)c1ccc(Cl)cc1. The molecule has 0 fully saturated rings. The molecule has 0 aliphatic heterocycles. The number of nitrogens with zero attached hydrogens (tertiary/aromatic N) is 1. The number of thioether (sulfide) groups is 1. The molecule has 1 aromatic carbocycles. The Balaban J connectivity index is 2.91. The maximum atomic E-state index is 12.3. The number of aliphatic carboxylic acids is 1. The van der Waals surface area contributed by atoms with Crippen molar-refractivity contribution >= 4 is 40.9 Å². The van der Waals surface area contributed by atoms with Crippen LogP contribution in [-0.4, -0.2) is 41.6 Å². The van der Waals surface area contributed by atoms with Crippen LogP contribution in [0.25, 0.3) is 0 Å². The van der Waals surface area contributed by atoms with Gasteiger partial charge >= 0.3 is 5.97 Å². The summed E-state index contributed by atoms with van der Waals surface area (Å²) in [5.41, 5.74) is 6.30. The van der Waals surface area contributed by atoms with Crippen LogP contribution in [0, 0.1) is 0 Å². The summed E-state index contributed by atoms with van der Waals surface area (Å²) in [7, 11) is 0. The predicted octanol–water partition coefficient (Wildman–Crippen LogP) is 1.84. The van der Waals surface area contributed by atoms with E-state index in [0.717, 1.165) is 5.75 Å². The normalized spacial score (nSPS) is 11.9. The lowest BCUT2D eigenvalue weighted by molar-refractivity contribution is -0.136. The highest BCUT2D eigenvalue weighted by Gasteiger charge is 2.24. The monoisotopic (exact) mass is 316 g/mol. The summed E-state index contributed by atoms with van der Waals surface area (Å²) < 4.78 is 0. The number of carboxylic acid groups (broad SMARTS) is 1. The van der Waals surface area contributed by atoms with E-state index in [1.165, 1.54) is 4.90 Å². The molecule has 0 heterocycles. The van der Waals surface area contributed by atoms with E-state index >= 15 is 0 Å². The molecule has 0 aromatic heterocycles. The van der Waals surface area contributed by atoms with Crippen LogP contribution in [0.1, 0.15) is 6.42 Å². The van der Waals surface area contributed by atoms with E-state index in [9.17, 15) is 9.59 Å². The minimum Gasteiger partial charge on any atom is -0.480 e. The highest BCUT2D eigenvalue weighted by atomic mass is 35.5. The molecular weight excluding hydrogens is 300 g/mol. The molecule has 0 aliphatic carbocycles. The van der Waals surface area contributed by atoms with Gasteiger partial charge in [0.1, 0.15) is 6.54 Å². The summed E-state index contributed by atoms with van der Waals surface area (Å²) in [5, 5.41) is 9.46. The molecular formula is C13H17ClN2O3S. The van der Waals surface area contributed by atoms with Gasteiger partial charge in [0.05, 0.1) is 6.04 Å². The van der Waals surface area contributed by atoms with E-state index in [-0.39, 0.29) is 0 Å². The fraction of sp³-hybridized carbons (Fsp3) is 0.385. The summed E-state index contributed by atoms with van der Waals surface area (Å²) in [6.45, 7) is -0.423. The van der Waals surface area contributed by atoms with E-state index in [4.69, 9.17) is 22.4 Å². The molecule has 5 nitrogen and oxygen atoms in total. The molecule has 0 aliphatic rings. The number of amides is 1. The van der Waals surface area contributed by atoms with Crippen LogP contribution in [0.4, 0.5) is 5.69 Å². The van der Waals surface area contributed by atoms with Crippen LogP contribution in [-0.2, 0) is 9.59 Å². The van der Waals surface area contributed by atoms with E-state index in [1.807, 2.05) is 6.26 Å². The standard InChI is InChI=1S/C13H17ClN2O3S/c1-20-7-6-11(15)13(19)16(8-12(17)18)10-4-2-9(14)3-5-10/h2-5,11H,6-8,15H2,1H3,(H,17,18)/t11-/m0/s1. The van der Waals surface area contributed by atoms with Crippen molar-refractivity contribution in [2.24, 2.45) is 5.73 Å². The first-order chi connectivity index (χ1) is 9.45. The smallest absolute Gasteiger partial charge is 0.323 e. The predicted molar refractivity (Wildman–Crippen MR) is 82.4 cm³/mol. The molecule has 0 bridgehead atoms. The summed E-state index contributed by atoms with van der Waals surface area (Å²) >= 11 is 7.37. The highest BCUT2D eigenvalue weighted by Crippen LogP contribution is 2.19. The van der Waals surface area contributed by atoms with Crippen LogP contribution < -0.4 is 10.6 Å². The minimum atomic E-state index is -1.09. The van der Waals surface area contributed by atoms with Gasteiger partial charge in [-0.1, -0.05) is 11.6 Å². The molecule has 1 amide bonds. The van der Waals surface area contributed by atoms with Gasteiger partial charge in [-0.15, -0.1) is 0 Å². The van der Waals surface area contributed by atoms with Crippen molar-refractivity contribution in [3.63, 3.8) is 0 Å². The van der Waals surface area contributed by atoms with Gasteiger partial charge in [-0.2, -0.15) is 11.8 Å². The van der Waals surface area contributed by atoms with Crippen LogP contribution in [0.2, 0.25) is 5.02 Å². The summed E-state index contributed by atoms with van der Waals surface area (Å²) in [4.78, 5) is 24.4. The third kappa shape index (κ3) is 5.03. The van der Waals surface area contributed by atoms with E-state index < -0.39 is 24.5 Å². The Morgan fingerprint density at radius 3 is 2.50 bits per heavy atom. The number of nitrogens with two attached hydrogens (primary N) is 1. The van der Waals surface area contributed by atoms with Gasteiger partial charge in [-0.05, 0) is 42.7 Å². The summed E-state index contributed by atoms with van der Waals surface area (Å²) in [6, 6.07) is 5.70. The Hall–Kier alpha value is -1.24. The van der Waals surface area contributed by atoms with Gasteiger partial charge in [-0.3, -0.25) is 14.5 Å². The molecule has 0 saturated carbocycles. The van der Waals surface area contributed by atoms with Crippen molar-refractivity contribution in [3.8, 4) is 0 Å². The molecule has 0 radical (unpaired) electrons. The third-order valence-electron chi connectivity index (χ3n) is 2.65. The van der Waals surface area contributed by atoms with E-state index in [2.05, 4.69) is 0 Å². The lowest BCUT2D eigenvalue weighted by Gasteiger charge is -2.24. The number of anilines is 1. The van der Waals surface area contributed by atoms with Gasteiger partial charge in [0.15, 0.2) is 0 Å². The zero-order valence-corrected chi connectivity index (χ0v) is 12.7. The number of carbonyl (C=O) groups excluding carboxylic acids is 1. The highest BCUT2D eigenvalue weighted by molar-refractivity contribution is 7.98. The minimum absolute atomic E-state index is 0.399. The second-order valence-corrected chi connectivity index (χ2v) is 5.60. The number of hydrogen-bond donors (Lipinski definition) is 2. The average Bonchev–Trinajstić information content (AvgIpc) is 2.42. The van der Waals surface area contributed by atoms with Crippen molar-refractivity contribution in [3.05, 3.63) is 29.3 Å². The maximum absolute atomic E-state index is 12.3. The van der Waals surface area contributed by atoms with Crippen molar-refractivity contribution in [1.29, 1.82) is 0 Å². The second kappa shape index (κ2) is 8.14. The van der Waals surface area contributed by atoms with Crippen LogP contribution in [0.5, 0.6) is 0 Å². The van der Waals surface area contributed by atoms with Gasteiger partial charge in [0.25, 0.3) is 0 Å². The largest absolute Gasteiger partial charge is 0.480 e. The third-order valence-corrected chi connectivity index (χ3v) is 3.54. The summed E-state index contributed by atoms with van der Waals surface area (Å²) in [6.07, 6.45) is 2.43.